The Morgan fingerprint density at radius 1 is 1.07 bits per heavy atom. The van der Waals surface area contributed by atoms with Gasteiger partial charge in [-0.1, -0.05) is 12.1 Å². The maximum Gasteiger partial charge on any atom is 0.417 e. The highest BCUT2D eigenvalue weighted by Gasteiger charge is 2.33. The van der Waals surface area contributed by atoms with E-state index in [9.17, 15) is 18.4 Å². The molecule has 0 N–H and O–H groups in total. The fourth-order valence-electron chi connectivity index (χ4n) is 1.45. The molecule has 0 aliphatic rings. The first kappa shape index (κ1) is 9.76. The Morgan fingerprint density at radius 2 is 1.73 bits per heavy atom. The van der Waals surface area contributed by atoms with Gasteiger partial charge in [0.05, 0.1) is 10.9 Å². The smallest absolute Gasteiger partial charge is 0.417 e. The van der Waals surface area contributed by atoms with Gasteiger partial charge < -0.3 is 5.21 Å². The van der Waals surface area contributed by atoms with Crippen molar-refractivity contribution in [1.82, 2.24) is 0 Å². The first-order chi connectivity index (χ1) is 7.00. The van der Waals surface area contributed by atoms with Gasteiger partial charge in [0.2, 0.25) is 5.52 Å². The molecular weight excluding hydrogens is 207 g/mol. The van der Waals surface area contributed by atoms with Gasteiger partial charge in [-0.05, 0) is 6.07 Å². The maximum atomic E-state index is 12.5. The van der Waals surface area contributed by atoms with E-state index in [1.165, 1.54) is 24.3 Å². The van der Waals surface area contributed by atoms with Crippen molar-refractivity contribution < 1.29 is 17.9 Å². The molecule has 0 unspecified atom stereocenters. The largest absolute Gasteiger partial charge is 0.618 e. The third-order valence-electron chi connectivity index (χ3n) is 2.11. The molecule has 0 saturated heterocycles. The predicted octanol–water partition coefficient (Wildman–Crippen LogP) is 2.49. The first-order valence-corrected chi connectivity index (χ1v) is 4.18. The molecule has 1 heterocycles. The van der Waals surface area contributed by atoms with Crippen LogP contribution in [0.2, 0.25) is 0 Å². The van der Waals surface area contributed by atoms with Gasteiger partial charge >= 0.3 is 6.18 Å². The van der Waals surface area contributed by atoms with Crippen LogP contribution in [0, 0.1) is 5.21 Å². The van der Waals surface area contributed by atoms with Gasteiger partial charge in [0, 0.05) is 12.1 Å². The van der Waals surface area contributed by atoms with Gasteiger partial charge in [-0.2, -0.15) is 17.9 Å². The topological polar surface area (TPSA) is 26.9 Å². The van der Waals surface area contributed by atoms with Crippen molar-refractivity contribution in [1.29, 1.82) is 0 Å². The minimum Gasteiger partial charge on any atom is -0.618 e. The van der Waals surface area contributed by atoms with E-state index in [4.69, 9.17) is 0 Å². The van der Waals surface area contributed by atoms with Gasteiger partial charge in [0.15, 0.2) is 6.20 Å². The standard InChI is InChI=1S/C10H6F3NO/c11-10(12,13)8-5-6-14(15)9-4-2-1-3-7(8)9/h1-6H. The fourth-order valence-corrected chi connectivity index (χ4v) is 1.45. The fraction of sp³-hybridized carbons (Fsp3) is 0.100. The van der Waals surface area contributed by atoms with Crippen molar-refractivity contribution in [2.45, 2.75) is 6.18 Å². The Hall–Kier alpha value is -1.78. The lowest BCUT2D eigenvalue weighted by atomic mass is 10.1. The van der Waals surface area contributed by atoms with Crippen LogP contribution in [0.3, 0.4) is 0 Å². The number of rotatable bonds is 0. The van der Waals surface area contributed by atoms with E-state index < -0.39 is 11.7 Å². The average Bonchev–Trinajstić information content (AvgIpc) is 2.17. The van der Waals surface area contributed by atoms with Crippen LogP contribution < -0.4 is 4.73 Å². The number of pyridine rings is 1. The molecule has 1 aromatic carbocycles. The summed E-state index contributed by atoms with van der Waals surface area (Å²) >= 11 is 0. The highest BCUT2D eigenvalue weighted by Crippen LogP contribution is 2.33. The Bertz CT molecular complexity index is 507. The zero-order chi connectivity index (χ0) is 11.1. The van der Waals surface area contributed by atoms with Crippen molar-refractivity contribution in [3.05, 3.63) is 47.3 Å². The molecule has 0 aliphatic carbocycles. The lowest BCUT2D eigenvalue weighted by Gasteiger charge is -2.09. The normalized spacial score (nSPS) is 11.9. The molecule has 0 aliphatic heterocycles. The molecule has 1 aromatic heterocycles. The number of nitrogens with zero attached hydrogens (tertiary/aromatic N) is 1. The summed E-state index contributed by atoms with van der Waals surface area (Å²) in [5.74, 6) is 0. The van der Waals surface area contributed by atoms with Gasteiger partial charge in [-0.15, -0.1) is 0 Å². The first-order valence-electron chi connectivity index (χ1n) is 4.18. The Morgan fingerprint density at radius 3 is 2.40 bits per heavy atom. The third-order valence-corrected chi connectivity index (χ3v) is 2.11. The second-order valence-electron chi connectivity index (χ2n) is 3.07. The van der Waals surface area contributed by atoms with E-state index in [1.54, 1.807) is 0 Å². The van der Waals surface area contributed by atoms with Crippen molar-refractivity contribution in [2.75, 3.05) is 0 Å². The molecule has 5 heteroatoms. The molecule has 0 saturated carbocycles. The van der Waals surface area contributed by atoms with Crippen molar-refractivity contribution in [3.63, 3.8) is 0 Å². The average molecular weight is 213 g/mol. The summed E-state index contributed by atoms with van der Waals surface area (Å²) < 4.78 is 38.0. The van der Waals surface area contributed by atoms with Crippen molar-refractivity contribution >= 4 is 10.9 Å². The Kier molecular flexibility index (Phi) is 2.03. The maximum absolute atomic E-state index is 12.5. The van der Waals surface area contributed by atoms with Crippen LogP contribution in [-0.2, 0) is 6.18 Å². The molecule has 0 amide bonds. The highest BCUT2D eigenvalue weighted by atomic mass is 19.4. The number of fused-ring (bicyclic) bond motifs is 1. The third kappa shape index (κ3) is 1.60. The Labute approximate surface area is 83.2 Å². The quantitative estimate of drug-likeness (QED) is 0.488. The molecule has 15 heavy (non-hydrogen) atoms. The Balaban J connectivity index is 2.84. The molecule has 0 spiro atoms. The van der Waals surface area contributed by atoms with Crippen LogP contribution in [-0.4, -0.2) is 0 Å². The molecule has 2 rings (SSSR count). The molecule has 2 aromatic rings. The summed E-state index contributed by atoms with van der Waals surface area (Å²) in [5, 5.41) is 11.1. The molecule has 0 atom stereocenters. The number of halogens is 3. The summed E-state index contributed by atoms with van der Waals surface area (Å²) in [7, 11) is 0. The molecule has 2 nitrogen and oxygen atoms in total. The van der Waals surface area contributed by atoms with Crippen LogP contribution >= 0.6 is 0 Å². The van der Waals surface area contributed by atoms with E-state index in [0.29, 0.717) is 4.73 Å². The van der Waals surface area contributed by atoms with Gasteiger partial charge in [0.25, 0.3) is 0 Å². The van der Waals surface area contributed by atoms with Crippen molar-refractivity contribution in [2.24, 2.45) is 0 Å². The second kappa shape index (κ2) is 3.12. The highest BCUT2D eigenvalue weighted by molar-refractivity contribution is 5.79. The molecule has 78 valence electrons. The number of alkyl halides is 3. The van der Waals surface area contributed by atoms with Gasteiger partial charge in [0.1, 0.15) is 0 Å². The van der Waals surface area contributed by atoms with Crippen LogP contribution in [0.15, 0.2) is 36.5 Å². The number of aromatic nitrogens is 1. The number of hydrogen-bond donors (Lipinski definition) is 0. The molecular formula is C10H6F3NO. The number of benzene rings is 1. The zero-order valence-corrected chi connectivity index (χ0v) is 7.45. The van der Waals surface area contributed by atoms with Crippen LogP contribution in [0.25, 0.3) is 10.9 Å². The summed E-state index contributed by atoms with van der Waals surface area (Å²) in [5.41, 5.74) is -0.766. The van der Waals surface area contributed by atoms with E-state index >= 15 is 0 Å². The van der Waals surface area contributed by atoms with Crippen LogP contribution in [0.1, 0.15) is 5.56 Å². The summed E-state index contributed by atoms with van der Waals surface area (Å²) in [6, 6.07) is 6.42. The number of hydrogen-bond acceptors (Lipinski definition) is 1. The predicted molar refractivity (Wildman–Crippen MR) is 47.9 cm³/mol. The lowest BCUT2D eigenvalue weighted by molar-refractivity contribution is -0.577. The second-order valence-corrected chi connectivity index (χ2v) is 3.07. The number of para-hydroxylation sites is 1. The SMILES string of the molecule is [O-][n+]1ccc(C(F)(F)F)c2ccccc21. The van der Waals surface area contributed by atoms with Gasteiger partial charge in [-0.3, -0.25) is 0 Å². The summed E-state index contributed by atoms with van der Waals surface area (Å²) in [6.45, 7) is 0. The van der Waals surface area contributed by atoms with Crippen LogP contribution in [0.5, 0.6) is 0 Å². The van der Waals surface area contributed by atoms with E-state index in [2.05, 4.69) is 0 Å². The summed E-state index contributed by atoms with van der Waals surface area (Å²) in [4.78, 5) is 0. The zero-order valence-electron chi connectivity index (χ0n) is 7.45. The van der Waals surface area contributed by atoms with E-state index in [1.807, 2.05) is 0 Å². The van der Waals surface area contributed by atoms with Gasteiger partial charge in [-0.25, -0.2) is 0 Å². The molecule has 0 radical (unpaired) electrons. The molecule has 0 bridgehead atoms. The minimum absolute atomic E-state index is 0.0207. The van der Waals surface area contributed by atoms with Crippen LogP contribution in [0.4, 0.5) is 13.2 Å². The van der Waals surface area contributed by atoms with E-state index in [0.717, 1.165) is 12.3 Å². The van der Waals surface area contributed by atoms with E-state index in [-0.39, 0.29) is 10.9 Å². The van der Waals surface area contributed by atoms with Crippen molar-refractivity contribution in [3.8, 4) is 0 Å². The monoisotopic (exact) mass is 213 g/mol. The summed E-state index contributed by atoms with van der Waals surface area (Å²) in [6.07, 6.45) is -3.57. The minimum atomic E-state index is -4.44. The molecule has 0 fully saturated rings. The lowest BCUT2D eigenvalue weighted by Crippen LogP contribution is -2.27.